The van der Waals surface area contributed by atoms with Crippen LogP contribution in [0.15, 0.2) is 144 Å². The average Bonchev–Trinajstić information content (AvgIpc) is 3.17. The van der Waals surface area contributed by atoms with E-state index in [1.54, 1.807) is 18.3 Å². The third-order valence-corrected chi connectivity index (χ3v) is 8.77. The Hall–Kier alpha value is -6.76. The van der Waals surface area contributed by atoms with Crippen molar-refractivity contribution >= 4 is 27.3 Å². The van der Waals surface area contributed by atoms with Crippen molar-refractivity contribution < 1.29 is 0 Å². The number of allylic oxidation sites excluding steroid dienone is 1. The van der Waals surface area contributed by atoms with E-state index >= 15 is 0 Å². The Kier molecular flexibility index (Phi) is 7.30. The lowest BCUT2D eigenvalue weighted by Gasteiger charge is -2.18. The van der Waals surface area contributed by atoms with Gasteiger partial charge < -0.3 is 0 Å². The summed E-state index contributed by atoms with van der Waals surface area (Å²) < 4.78 is 0. The molecule has 0 fully saturated rings. The first-order chi connectivity index (χ1) is 23.7. The molecule has 48 heavy (non-hydrogen) atoms. The minimum Gasteiger partial charge on any atom is -0.284 e. The van der Waals surface area contributed by atoms with E-state index in [9.17, 15) is 10.5 Å². The quantitative estimate of drug-likeness (QED) is 0.180. The molecule has 0 amide bonds. The molecule has 0 saturated carbocycles. The minimum atomic E-state index is 0.558. The number of rotatable bonds is 5. The maximum absolute atomic E-state index is 9.44. The van der Waals surface area contributed by atoms with Crippen LogP contribution in [0, 0.1) is 22.7 Å². The summed E-state index contributed by atoms with van der Waals surface area (Å²) in [6, 6.07) is 41.5. The van der Waals surface area contributed by atoms with Crippen molar-refractivity contribution in [3.63, 3.8) is 0 Å². The number of benzene rings is 4. The molecule has 0 aliphatic carbocycles. The lowest BCUT2D eigenvalue weighted by Crippen LogP contribution is -2.06. The van der Waals surface area contributed by atoms with E-state index in [0.29, 0.717) is 24.2 Å². The van der Waals surface area contributed by atoms with Crippen molar-refractivity contribution in [2.45, 2.75) is 6.42 Å². The SMILES string of the molecule is N#CC1=CC(c2ccc(-c3c4ccccc4c(-c4ccc(-c5cc(C#N)ccn5)cn4)c4ccc(-c5ccccc5)cc34)nc2)=NCC1. The van der Waals surface area contributed by atoms with Crippen LogP contribution in [0.4, 0.5) is 0 Å². The topological polar surface area (TPSA) is 98.6 Å². The highest BCUT2D eigenvalue weighted by atomic mass is 14.8. The van der Waals surface area contributed by atoms with Gasteiger partial charge >= 0.3 is 0 Å². The van der Waals surface area contributed by atoms with Gasteiger partial charge in [-0.1, -0.05) is 66.7 Å². The number of nitrogens with zero attached hydrogens (tertiary/aromatic N) is 6. The van der Waals surface area contributed by atoms with Gasteiger partial charge in [0.25, 0.3) is 0 Å². The normalized spacial score (nSPS) is 12.6. The number of pyridine rings is 3. The summed E-state index contributed by atoms with van der Waals surface area (Å²) in [4.78, 5) is 19.1. The lowest BCUT2D eigenvalue weighted by atomic mass is 9.87. The number of fused-ring (bicyclic) bond motifs is 2. The summed E-state index contributed by atoms with van der Waals surface area (Å²) in [5.74, 6) is 0. The van der Waals surface area contributed by atoms with Crippen LogP contribution in [0.5, 0.6) is 0 Å². The standard InChI is InChI=1S/C42H26N6/c43-23-27-16-18-45-39(20-27)31-11-14-37(47-25-31)41-33-8-4-5-9-34(33)42(36-22-30(10-13-35(36)41)29-6-2-1-3-7-29)38-15-12-32(26-48-38)40-21-28(24-44)17-19-46-40/h1-16,18,20-22,25-26H,17,19H2. The largest absolute Gasteiger partial charge is 0.284 e. The van der Waals surface area contributed by atoms with E-state index in [-0.39, 0.29) is 0 Å². The van der Waals surface area contributed by atoms with Crippen molar-refractivity contribution in [1.82, 2.24) is 15.0 Å². The van der Waals surface area contributed by atoms with Crippen LogP contribution in [-0.2, 0) is 0 Å². The highest BCUT2D eigenvalue weighted by molar-refractivity contribution is 6.21. The molecule has 224 valence electrons. The third kappa shape index (κ3) is 5.18. The molecule has 4 aromatic carbocycles. The lowest BCUT2D eigenvalue weighted by molar-refractivity contribution is 0.961. The molecule has 6 nitrogen and oxygen atoms in total. The van der Waals surface area contributed by atoms with E-state index < -0.39 is 0 Å². The summed E-state index contributed by atoms with van der Waals surface area (Å²) in [6.45, 7) is 0.604. The van der Waals surface area contributed by atoms with Crippen molar-refractivity contribution in [2.75, 3.05) is 6.54 Å². The van der Waals surface area contributed by atoms with Gasteiger partial charge in [0.1, 0.15) is 0 Å². The molecule has 4 heterocycles. The number of dihydropyridines is 1. The molecule has 0 bridgehead atoms. The highest BCUT2D eigenvalue weighted by Gasteiger charge is 2.19. The second kappa shape index (κ2) is 12.2. The zero-order chi connectivity index (χ0) is 32.5. The van der Waals surface area contributed by atoms with Crippen molar-refractivity contribution in [2.24, 2.45) is 4.99 Å². The molecular weight excluding hydrogens is 589 g/mol. The minimum absolute atomic E-state index is 0.558. The Morgan fingerprint density at radius 1 is 0.521 bits per heavy atom. The van der Waals surface area contributed by atoms with Gasteiger partial charge in [0.05, 0.1) is 40.5 Å². The van der Waals surface area contributed by atoms with Crippen molar-refractivity contribution in [3.8, 4) is 57.0 Å². The Morgan fingerprint density at radius 2 is 1.19 bits per heavy atom. The molecule has 8 rings (SSSR count). The van der Waals surface area contributed by atoms with Gasteiger partial charge in [-0.05, 0) is 81.2 Å². The first kappa shape index (κ1) is 28.7. The molecule has 1 aliphatic heterocycles. The van der Waals surface area contributed by atoms with Gasteiger partial charge in [0, 0.05) is 59.4 Å². The molecular formula is C42H26N6. The van der Waals surface area contributed by atoms with Crippen LogP contribution < -0.4 is 0 Å². The molecule has 7 aromatic rings. The summed E-state index contributed by atoms with van der Waals surface area (Å²) in [5.41, 5.74) is 10.5. The Bertz CT molecular complexity index is 2500. The van der Waals surface area contributed by atoms with Gasteiger partial charge in [-0.15, -0.1) is 0 Å². The van der Waals surface area contributed by atoms with Crippen LogP contribution in [0.2, 0.25) is 0 Å². The van der Waals surface area contributed by atoms with E-state index in [0.717, 1.165) is 77.6 Å². The smallest absolute Gasteiger partial charge is 0.0992 e. The average molecular weight is 615 g/mol. The predicted molar refractivity (Wildman–Crippen MR) is 191 cm³/mol. The predicted octanol–water partition coefficient (Wildman–Crippen LogP) is 9.36. The van der Waals surface area contributed by atoms with Gasteiger partial charge in [0.15, 0.2) is 0 Å². The summed E-state index contributed by atoms with van der Waals surface area (Å²) in [5, 5.41) is 23.1. The molecule has 6 heteroatoms. The summed E-state index contributed by atoms with van der Waals surface area (Å²) in [7, 11) is 0. The first-order valence-corrected chi connectivity index (χ1v) is 15.7. The van der Waals surface area contributed by atoms with Crippen LogP contribution in [0.1, 0.15) is 17.5 Å². The maximum Gasteiger partial charge on any atom is 0.0992 e. The van der Waals surface area contributed by atoms with E-state index in [2.05, 4.69) is 94.9 Å². The third-order valence-electron chi connectivity index (χ3n) is 8.77. The zero-order valence-corrected chi connectivity index (χ0v) is 25.8. The first-order valence-electron chi connectivity index (χ1n) is 15.7. The van der Waals surface area contributed by atoms with Crippen LogP contribution in [0.25, 0.3) is 66.4 Å². The summed E-state index contributed by atoms with van der Waals surface area (Å²) >= 11 is 0. The van der Waals surface area contributed by atoms with Crippen molar-refractivity contribution in [3.05, 3.63) is 151 Å². The van der Waals surface area contributed by atoms with Crippen molar-refractivity contribution in [1.29, 1.82) is 10.5 Å². The van der Waals surface area contributed by atoms with E-state index in [1.807, 2.05) is 42.7 Å². The molecule has 0 N–H and O–H groups in total. The number of hydrogen-bond acceptors (Lipinski definition) is 6. The molecule has 0 spiro atoms. The fourth-order valence-corrected chi connectivity index (χ4v) is 6.43. The highest BCUT2D eigenvalue weighted by Crippen LogP contribution is 2.44. The van der Waals surface area contributed by atoms with Gasteiger partial charge in [-0.2, -0.15) is 10.5 Å². The van der Waals surface area contributed by atoms with Gasteiger partial charge in [0.2, 0.25) is 0 Å². The second-order valence-electron chi connectivity index (χ2n) is 11.6. The fourth-order valence-electron chi connectivity index (χ4n) is 6.43. The Labute approximate surface area is 277 Å². The monoisotopic (exact) mass is 614 g/mol. The molecule has 0 unspecified atom stereocenters. The second-order valence-corrected chi connectivity index (χ2v) is 11.6. The number of aromatic nitrogens is 3. The van der Waals surface area contributed by atoms with Crippen LogP contribution in [-0.4, -0.2) is 27.2 Å². The number of aliphatic imine (C=N–C) groups is 1. The van der Waals surface area contributed by atoms with Gasteiger partial charge in [-0.3, -0.25) is 19.9 Å². The Balaban J connectivity index is 1.34. The number of hydrogen-bond donors (Lipinski definition) is 0. The summed E-state index contributed by atoms with van der Waals surface area (Å²) in [6.07, 6.45) is 7.86. The van der Waals surface area contributed by atoms with Gasteiger partial charge in [-0.25, -0.2) is 0 Å². The maximum atomic E-state index is 9.44. The zero-order valence-electron chi connectivity index (χ0n) is 25.8. The Morgan fingerprint density at radius 3 is 1.88 bits per heavy atom. The molecule has 3 aromatic heterocycles. The molecule has 0 atom stereocenters. The van der Waals surface area contributed by atoms with E-state index in [1.165, 1.54) is 0 Å². The molecule has 1 aliphatic rings. The molecule has 0 radical (unpaired) electrons. The molecule has 0 saturated heterocycles. The number of nitriles is 2. The van der Waals surface area contributed by atoms with Crippen LogP contribution in [0.3, 0.4) is 0 Å². The van der Waals surface area contributed by atoms with E-state index in [4.69, 9.17) is 9.97 Å². The van der Waals surface area contributed by atoms with Crippen LogP contribution >= 0.6 is 0 Å². The fraction of sp³-hybridized carbons (Fsp3) is 0.0476.